The Kier molecular flexibility index (Phi) is 13.2. The van der Waals surface area contributed by atoms with Crippen LogP contribution in [0, 0.1) is 5.41 Å². The third-order valence-corrected chi connectivity index (χ3v) is 4.87. The molecule has 160 valence electrons. The highest BCUT2D eigenvalue weighted by Crippen LogP contribution is 2.21. The molecule has 3 nitrogen and oxygen atoms in total. The van der Waals surface area contributed by atoms with Gasteiger partial charge in [0.05, 0.1) is 12.0 Å². The standard InChI is InChI=1S/C12H18O.C8H8.C6H12O2/c1-4-10(3)11-6-8-12(9-7-11)13-5-2;1-2-8-6-4-3-5-7-8;1-4-6(2,3)5(7)8/h6-10H,4-5H2,1-3H3;2-7H,1H2;4H2,1-3H3,(H,7,8). The Morgan fingerprint density at radius 3 is 1.93 bits per heavy atom. The summed E-state index contributed by atoms with van der Waals surface area (Å²) in [6, 6.07) is 18.4. The first-order valence-corrected chi connectivity index (χ1v) is 10.3. The van der Waals surface area contributed by atoms with Crippen molar-refractivity contribution in [1.29, 1.82) is 0 Å². The predicted octanol–water partition coefficient (Wildman–Crippen LogP) is 7.44. The molecule has 1 unspecified atom stereocenters. The minimum absolute atomic E-state index is 0.542. The van der Waals surface area contributed by atoms with Crippen LogP contribution >= 0.6 is 0 Å². The summed E-state index contributed by atoms with van der Waals surface area (Å²) in [5.41, 5.74) is 2.03. The second-order valence-electron chi connectivity index (χ2n) is 7.47. The first-order valence-electron chi connectivity index (χ1n) is 10.3. The molecule has 0 aliphatic carbocycles. The molecule has 0 spiro atoms. The van der Waals surface area contributed by atoms with E-state index in [1.807, 2.05) is 62.4 Å². The number of hydrogen-bond acceptors (Lipinski definition) is 2. The van der Waals surface area contributed by atoms with Crippen LogP contribution in [0.4, 0.5) is 0 Å². The lowest BCUT2D eigenvalue weighted by molar-refractivity contribution is -0.147. The summed E-state index contributed by atoms with van der Waals surface area (Å²) in [6.07, 6.45) is 3.70. The third kappa shape index (κ3) is 11.1. The van der Waals surface area contributed by atoms with Crippen LogP contribution in [-0.2, 0) is 4.79 Å². The summed E-state index contributed by atoms with van der Waals surface area (Å²) in [7, 11) is 0. The van der Waals surface area contributed by atoms with Crippen molar-refractivity contribution in [3.05, 3.63) is 72.3 Å². The Bertz CT molecular complexity index is 688. The molecular weight excluding hydrogens is 360 g/mol. The third-order valence-electron chi connectivity index (χ3n) is 4.87. The Labute approximate surface area is 177 Å². The molecule has 1 atom stereocenters. The largest absolute Gasteiger partial charge is 0.494 e. The summed E-state index contributed by atoms with van der Waals surface area (Å²) in [6.45, 7) is 16.1. The SMILES string of the molecule is C=Cc1ccccc1.CCC(C)(C)C(=O)O.CCOc1ccc(C(C)CC)cc1. The van der Waals surface area contributed by atoms with Crippen LogP contribution in [0.25, 0.3) is 6.08 Å². The summed E-state index contributed by atoms with van der Waals surface area (Å²) < 4.78 is 5.37. The van der Waals surface area contributed by atoms with E-state index in [0.717, 1.165) is 12.4 Å². The molecular formula is C26H38O3. The molecule has 3 heteroatoms. The number of carboxylic acids is 1. The predicted molar refractivity (Wildman–Crippen MR) is 125 cm³/mol. The Morgan fingerprint density at radius 2 is 1.62 bits per heavy atom. The van der Waals surface area contributed by atoms with Gasteiger partial charge in [-0.05, 0) is 62.8 Å². The van der Waals surface area contributed by atoms with Gasteiger partial charge in [-0.3, -0.25) is 4.79 Å². The highest BCUT2D eigenvalue weighted by atomic mass is 16.5. The van der Waals surface area contributed by atoms with Gasteiger partial charge >= 0.3 is 5.97 Å². The maximum atomic E-state index is 10.3. The molecule has 0 aliphatic heterocycles. The molecule has 2 rings (SSSR count). The number of benzene rings is 2. The van der Waals surface area contributed by atoms with Crippen LogP contribution in [0.1, 0.15) is 71.4 Å². The normalized spacial score (nSPS) is 11.1. The number of aliphatic carboxylic acids is 1. The van der Waals surface area contributed by atoms with Crippen LogP contribution in [0.5, 0.6) is 5.75 Å². The van der Waals surface area contributed by atoms with E-state index in [2.05, 4.69) is 32.6 Å². The second-order valence-corrected chi connectivity index (χ2v) is 7.47. The fourth-order valence-corrected chi connectivity index (χ4v) is 2.04. The highest BCUT2D eigenvalue weighted by molar-refractivity contribution is 5.73. The van der Waals surface area contributed by atoms with Gasteiger partial charge in [0.1, 0.15) is 5.75 Å². The topological polar surface area (TPSA) is 46.5 Å². The Balaban J connectivity index is 0.000000427. The van der Waals surface area contributed by atoms with Gasteiger partial charge in [-0.1, -0.05) is 75.9 Å². The van der Waals surface area contributed by atoms with Gasteiger partial charge in [0, 0.05) is 0 Å². The first-order chi connectivity index (χ1) is 13.7. The monoisotopic (exact) mass is 398 g/mol. The second kappa shape index (κ2) is 14.4. The number of hydrogen-bond donors (Lipinski definition) is 1. The summed E-state index contributed by atoms with van der Waals surface area (Å²) in [5.74, 6) is 0.894. The minimum Gasteiger partial charge on any atom is -0.494 e. The van der Waals surface area contributed by atoms with Crippen molar-refractivity contribution in [3.8, 4) is 5.75 Å². The molecule has 0 aliphatic rings. The minimum atomic E-state index is -0.722. The molecule has 0 heterocycles. The molecule has 2 aromatic rings. The van der Waals surface area contributed by atoms with Crippen molar-refractivity contribution in [1.82, 2.24) is 0 Å². The number of carboxylic acid groups (broad SMARTS) is 1. The smallest absolute Gasteiger partial charge is 0.309 e. The lowest BCUT2D eigenvalue weighted by Gasteiger charge is -2.14. The lowest BCUT2D eigenvalue weighted by Crippen LogP contribution is -2.21. The van der Waals surface area contributed by atoms with Crippen molar-refractivity contribution in [2.75, 3.05) is 6.61 Å². The van der Waals surface area contributed by atoms with Crippen LogP contribution in [0.3, 0.4) is 0 Å². The van der Waals surface area contributed by atoms with E-state index < -0.39 is 11.4 Å². The first kappa shape index (κ1) is 26.4. The molecule has 0 bridgehead atoms. The van der Waals surface area contributed by atoms with Crippen molar-refractivity contribution in [2.24, 2.45) is 5.41 Å². The zero-order valence-electron chi connectivity index (χ0n) is 18.9. The van der Waals surface area contributed by atoms with E-state index in [1.165, 1.54) is 17.5 Å². The van der Waals surface area contributed by atoms with Gasteiger partial charge in [-0.15, -0.1) is 0 Å². The van der Waals surface area contributed by atoms with Crippen molar-refractivity contribution >= 4 is 12.0 Å². The average Bonchev–Trinajstić information content (AvgIpc) is 2.75. The van der Waals surface area contributed by atoms with Gasteiger partial charge in [0.25, 0.3) is 0 Å². The quantitative estimate of drug-likeness (QED) is 0.527. The fraction of sp³-hybridized carbons (Fsp3) is 0.423. The average molecular weight is 399 g/mol. The van der Waals surface area contributed by atoms with E-state index in [0.29, 0.717) is 12.3 Å². The van der Waals surface area contributed by atoms with E-state index in [1.54, 1.807) is 13.8 Å². The Morgan fingerprint density at radius 1 is 1.07 bits per heavy atom. The Hall–Kier alpha value is -2.55. The molecule has 0 aromatic heterocycles. The maximum Gasteiger partial charge on any atom is 0.309 e. The van der Waals surface area contributed by atoms with Gasteiger partial charge in [0.2, 0.25) is 0 Å². The molecule has 1 N–H and O–H groups in total. The summed E-state index contributed by atoms with van der Waals surface area (Å²) in [5, 5.41) is 8.44. The molecule has 0 radical (unpaired) electrons. The maximum absolute atomic E-state index is 10.3. The number of carbonyl (C=O) groups is 1. The molecule has 29 heavy (non-hydrogen) atoms. The zero-order chi connectivity index (χ0) is 22.3. The van der Waals surface area contributed by atoms with Gasteiger partial charge in [0.15, 0.2) is 0 Å². The van der Waals surface area contributed by atoms with Gasteiger partial charge in [-0.2, -0.15) is 0 Å². The molecule has 0 saturated heterocycles. The van der Waals surface area contributed by atoms with E-state index >= 15 is 0 Å². The van der Waals surface area contributed by atoms with Crippen LogP contribution < -0.4 is 4.74 Å². The zero-order valence-corrected chi connectivity index (χ0v) is 18.9. The molecule has 2 aromatic carbocycles. The molecule has 0 fully saturated rings. The van der Waals surface area contributed by atoms with Crippen molar-refractivity contribution in [3.63, 3.8) is 0 Å². The van der Waals surface area contributed by atoms with E-state index in [-0.39, 0.29) is 0 Å². The van der Waals surface area contributed by atoms with Gasteiger partial charge in [-0.25, -0.2) is 0 Å². The fourth-order valence-electron chi connectivity index (χ4n) is 2.04. The van der Waals surface area contributed by atoms with Gasteiger partial charge < -0.3 is 9.84 Å². The highest BCUT2D eigenvalue weighted by Gasteiger charge is 2.23. The molecule has 0 amide bonds. The van der Waals surface area contributed by atoms with Crippen LogP contribution in [0.15, 0.2) is 61.2 Å². The lowest BCUT2D eigenvalue weighted by atomic mass is 9.91. The van der Waals surface area contributed by atoms with E-state index in [9.17, 15) is 4.79 Å². The van der Waals surface area contributed by atoms with Crippen molar-refractivity contribution < 1.29 is 14.6 Å². The summed E-state index contributed by atoms with van der Waals surface area (Å²) >= 11 is 0. The van der Waals surface area contributed by atoms with E-state index in [4.69, 9.17) is 9.84 Å². The number of rotatable bonds is 7. The van der Waals surface area contributed by atoms with Crippen molar-refractivity contribution in [2.45, 2.75) is 60.3 Å². The molecule has 0 saturated carbocycles. The van der Waals surface area contributed by atoms with Crippen LogP contribution in [0.2, 0.25) is 0 Å². The summed E-state index contributed by atoms with van der Waals surface area (Å²) in [4.78, 5) is 10.3. The van der Waals surface area contributed by atoms with Crippen LogP contribution in [-0.4, -0.2) is 17.7 Å². The number of ether oxygens (including phenoxy) is 1.